The van der Waals surface area contributed by atoms with Gasteiger partial charge in [0.05, 0.1) is 12.3 Å². The van der Waals surface area contributed by atoms with Crippen molar-refractivity contribution in [3.8, 4) is 0 Å². The second-order valence-electron chi connectivity index (χ2n) is 3.72. The Balaban J connectivity index is 1.98. The molecule has 0 spiro atoms. The van der Waals surface area contributed by atoms with Gasteiger partial charge in [-0.3, -0.25) is 4.40 Å². The molecule has 0 aliphatic heterocycles. The standard InChI is InChI=1S/C11H10N4OS2/c1-7-4-12-10(13-5-7)18-9-8(6-16)15-2-3-17-11(15)14-9/h2-5,16H,6H2,1H3. The highest BCUT2D eigenvalue weighted by atomic mass is 32.2. The number of imidazole rings is 1. The molecule has 5 nitrogen and oxygen atoms in total. The van der Waals surface area contributed by atoms with Gasteiger partial charge in [-0.05, 0) is 24.2 Å². The van der Waals surface area contributed by atoms with Gasteiger partial charge < -0.3 is 5.11 Å². The first-order valence-corrected chi connectivity index (χ1v) is 6.99. The van der Waals surface area contributed by atoms with Gasteiger partial charge in [-0.1, -0.05) is 0 Å². The normalized spacial score (nSPS) is 11.2. The van der Waals surface area contributed by atoms with Gasteiger partial charge in [-0.25, -0.2) is 15.0 Å². The molecule has 0 saturated carbocycles. The van der Waals surface area contributed by atoms with Crippen LogP contribution in [0.25, 0.3) is 4.96 Å². The third kappa shape index (κ3) is 2.00. The molecule has 0 aromatic carbocycles. The van der Waals surface area contributed by atoms with Crippen molar-refractivity contribution in [2.24, 2.45) is 0 Å². The number of aliphatic hydroxyl groups is 1. The van der Waals surface area contributed by atoms with E-state index in [1.54, 1.807) is 12.4 Å². The first kappa shape index (κ1) is 11.6. The molecule has 0 radical (unpaired) electrons. The number of aryl methyl sites for hydroxylation is 1. The van der Waals surface area contributed by atoms with Crippen LogP contribution in [-0.4, -0.2) is 24.5 Å². The Hall–Kier alpha value is -1.44. The lowest BCUT2D eigenvalue weighted by molar-refractivity contribution is 0.272. The number of hydrogen-bond acceptors (Lipinski definition) is 6. The first-order chi connectivity index (χ1) is 8.78. The van der Waals surface area contributed by atoms with Crippen molar-refractivity contribution in [2.45, 2.75) is 23.7 Å². The van der Waals surface area contributed by atoms with Crippen LogP contribution >= 0.6 is 23.1 Å². The molecule has 3 rings (SSSR count). The summed E-state index contributed by atoms with van der Waals surface area (Å²) in [5, 5.41) is 12.8. The van der Waals surface area contributed by atoms with Crippen LogP contribution in [0.2, 0.25) is 0 Å². The first-order valence-electron chi connectivity index (χ1n) is 5.29. The predicted octanol–water partition coefficient (Wildman–Crippen LogP) is 2.14. The highest BCUT2D eigenvalue weighted by Crippen LogP contribution is 2.29. The lowest BCUT2D eigenvalue weighted by Crippen LogP contribution is -1.92. The van der Waals surface area contributed by atoms with Gasteiger partial charge in [-0.15, -0.1) is 11.3 Å². The molecule has 3 heterocycles. The summed E-state index contributed by atoms with van der Waals surface area (Å²) >= 11 is 2.91. The van der Waals surface area contributed by atoms with Crippen molar-refractivity contribution in [2.75, 3.05) is 0 Å². The summed E-state index contributed by atoms with van der Waals surface area (Å²) in [5.41, 5.74) is 1.80. The minimum Gasteiger partial charge on any atom is -0.390 e. The third-order valence-corrected chi connectivity index (χ3v) is 4.09. The SMILES string of the molecule is Cc1cnc(Sc2nc3sccn3c2CO)nc1. The molecule has 92 valence electrons. The van der Waals surface area contributed by atoms with Crippen molar-refractivity contribution in [1.29, 1.82) is 0 Å². The molecule has 0 amide bonds. The number of aliphatic hydroxyl groups excluding tert-OH is 1. The Morgan fingerprint density at radius 2 is 2.17 bits per heavy atom. The summed E-state index contributed by atoms with van der Waals surface area (Å²) in [4.78, 5) is 13.8. The monoisotopic (exact) mass is 278 g/mol. The van der Waals surface area contributed by atoms with E-state index in [-0.39, 0.29) is 6.61 Å². The zero-order chi connectivity index (χ0) is 12.5. The summed E-state index contributed by atoms with van der Waals surface area (Å²) in [6.07, 6.45) is 5.44. The molecule has 0 saturated heterocycles. The molecule has 0 fully saturated rings. The fraction of sp³-hybridized carbons (Fsp3) is 0.182. The highest BCUT2D eigenvalue weighted by molar-refractivity contribution is 7.99. The lowest BCUT2D eigenvalue weighted by Gasteiger charge is -1.99. The molecular formula is C11H10N4OS2. The fourth-order valence-corrected chi connectivity index (χ4v) is 3.15. The molecule has 3 aromatic rings. The number of rotatable bonds is 3. The van der Waals surface area contributed by atoms with E-state index in [2.05, 4.69) is 15.0 Å². The van der Waals surface area contributed by atoms with Crippen LogP contribution in [0.4, 0.5) is 0 Å². The van der Waals surface area contributed by atoms with Crippen molar-refractivity contribution in [3.05, 3.63) is 35.2 Å². The summed E-state index contributed by atoms with van der Waals surface area (Å²) < 4.78 is 1.89. The molecule has 0 aliphatic rings. The van der Waals surface area contributed by atoms with Gasteiger partial charge in [0.1, 0.15) is 5.03 Å². The summed E-state index contributed by atoms with van der Waals surface area (Å²) in [6, 6.07) is 0. The van der Waals surface area contributed by atoms with Crippen LogP contribution in [-0.2, 0) is 6.61 Å². The smallest absolute Gasteiger partial charge is 0.195 e. The van der Waals surface area contributed by atoms with Crippen LogP contribution < -0.4 is 0 Å². The number of fused-ring (bicyclic) bond motifs is 1. The van der Waals surface area contributed by atoms with Crippen molar-refractivity contribution in [3.63, 3.8) is 0 Å². The van der Waals surface area contributed by atoms with Crippen molar-refractivity contribution >= 4 is 28.1 Å². The van der Waals surface area contributed by atoms with Gasteiger partial charge in [-0.2, -0.15) is 0 Å². The third-order valence-electron chi connectivity index (χ3n) is 2.42. The van der Waals surface area contributed by atoms with Crippen LogP contribution in [0.15, 0.2) is 34.2 Å². The maximum Gasteiger partial charge on any atom is 0.195 e. The van der Waals surface area contributed by atoms with E-state index >= 15 is 0 Å². The zero-order valence-corrected chi connectivity index (χ0v) is 11.2. The minimum absolute atomic E-state index is 0.0495. The van der Waals surface area contributed by atoms with Crippen LogP contribution in [0.5, 0.6) is 0 Å². The molecule has 1 N–H and O–H groups in total. The number of nitrogens with zero attached hydrogens (tertiary/aromatic N) is 4. The van der Waals surface area contributed by atoms with Gasteiger partial charge in [0, 0.05) is 24.0 Å². The minimum atomic E-state index is -0.0495. The Morgan fingerprint density at radius 1 is 1.39 bits per heavy atom. The molecule has 3 aromatic heterocycles. The molecule has 7 heteroatoms. The van der Waals surface area contributed by atoms with Gasteiger partial charge >= 0.3 is 0 Å². The molecule has 0 bridgehead atoms. The fourth-order valence-electron chi connectivity index (χ4n) is 1.56. The van der Waals surface area contributed by atoms with Gasteiger partial charge in [0.15, 0.2) is 10.1 Å². The van der Waals surface area contributed by atoms with E-state index in [4.69, 9.17) is 0 Å². The maximum atomic E-state index is 9.44. The maximum absolute atomic E-state index is 9.44. The summed E-state index contributed by atoms with van der Waals surface area (Å²) in [6.45, 7) is 1.90. The Bertz CT molecular complexity index is 674. The Labute approximate surface area is 112 Å². The molecular weight excluding hydrogens is 268 g/mol. The second kappa shape index (κ2) is 4.68. The predicted molar refractivity (Wildman–Crippen MR) is 69.9 cm³/mol. The van der Waals surface area contributed by atoms with E-state index in [0.29, 0.717) is 5.16 Å². The molecule has 0 aliphatic carbocycles. The number of thiazole rings is 1. The second-order valence-corrected chi connectivity index (χ2v) is 5.55. The lowest BCUT2D eigenvalue weighted by atomic mass is 10.4. The topological polar surface area (TPSA) is 63.3 Å². The number of hydrogen-bond donors (Lipinski definition) is 1. The number of aromatic nitrogens is 4. The van der Waals surface area contributed by atoms with Gasteiger partial charge in [0.2, 0.25) is 0 Å². The average molecular weight is 278 g/mol. The molecule has 0 unspecified atom stereocenters. The van der Waals surface area contributed by atoms with E-state index in [1.165, 1.54) is 23.1 Å². The van der Waals surface area contributed by atoms with Gasteiger partial charge in [0.25, 0.3) is 0 Å². The average Bonchev–Trinajstić information content (AvgIpc) is 2.92. The van der Waals surface area contributed by atoms with E-state index in [1.807, 2.05) is 22.9 Å². The largest absolute Gasteiger partial charge is 0.390 e. The van der Waals surface area contributed by atoms with E-state index < -0.39 is 0 Å². The van der Waals surface area contributed by atoms with Crippen LogP contribution in [0.1, 0.15) is 11.3 Å². The quantitative estimate of drug-likeness (QED) is 0.744. The van der Waals surface area contributed by atoms with Crippen LogP contribution in [0.3, 0.4) is 0 Å². The van der Waals surface area contributed by atoms with E-state index in [0.717, 1.165) is 21.2 Å². The summed E-state index contributed by atoms with van der Waals surface area (Å²) in [7, 11) is 0. The van der Waals surface area contributed by atoms with Crippen molar-refractivity contribution < 1.29 is 5.11 Å². The highest BCUT2D eigenvalue weighted by Gasteiger charge is 2.14. The molecule has 0 atom stereocenters. The summed E-state index contributed by atoms with van der Waals surface area (Å²) in [5.74, 6) is 0. The van der Waals surface area contributed by atoms with Crippen molar-refractivity contribution in [1.82, 2.24) is 19.4 Å². The van der Waals surface area contributed by atoms with Crippen LogP contribution in [0, 0.1) is 6.92 Å². The Kier molecular flexibility index (Phi) is 3.02. The zero-order valence-electron chi connectivity index (χ0n) is 9.57. The molecule has 18 heavy (non-hydrogen) atoms. The Morgan fingerprint density at radius 3 is 2.89 bits per heavy atom. The van der Waals surface area contributed by atoms with E-state index in [9.17, 15) is 5.11 Å².